The molecule has 0 bridgehead atoms. The summed E-state index contributed by atoms with van der Waals surface area (Å²) in [5.74, 6) is -1.41. The number of benzene rings is 1. The van der Waals surface area contributed by atoms with Gasteiger partial charge in [0.1, 0.15) is 11.6 Å². The molecule has 2 rings (SSSR count). The standard InChI is InChI=1S/C43H66N4O8S/c1-8-10-12-14-15-16-18-37(43(49)50-7)33-40(48)55-31-30-54-29-28-53-27-26-52-25-24-51-23-22-47(21-17-13-11-9-2)38-19-20-39(34(3)32-38)45-46-42-41(44-6)35(4)36(5)56-42/h15-16,19-20,32,37H,8-14,17-18,21-31,33H2,1-5,7H3/b16-15+,46-45?. The second-order valence-electron chi connectivity index (χ2n) is 13.6. The maximum atomic E-state index is 12.2. The van der Waals surface area contributed by atoms with Crippen LogP contribution < -0.4 is 4.90 Å². The lowest BCUT2D eigenvalue weighted by molar-refractivity contribution is -0.154. The van der Waals surface area contributed by atoms with E-state index in [1.807, 2.05) is 32.9 Å². The molecule has 0 radical (unpaired) electrons. The first kappa shape index (κ1) is 48.5. The Morgan fingerprint density at radius 1 is 0.821 bits per heavy atom. The predicted molar refractivity (Wildman–Crippen MR) is 224 cm³/mol. The summed E-state index contributed by atoms with van der Waals surface area (Å²) in [6, 6.07) is 6.24. The van der Waals surface area contributed by atoms with E-state index >= 15 is 0 Å². The van der Waals surface area contributed by atoms with Crippen LogP contribution in [0.2, 0.25) is 0 Å². The minimum atomic E-state index is -0.550. The van der Waals surface area contributed by atoms with Crippen molar-refractivity contribution in [2.45, 2.75) is 98.8 Å². The fraction of sp³-hybridized carbons (Fsp3) is 0.651. The van der Waals surface area contributed by atoms with Crippen molar-refractivity contribution < 1.29 is 38.0 Å². The minimum Gasteiger partial charge on any atom is -0.469 e. The minimum absolute atomic E-state index is 0.0228. The van der Waals surface area contributed by atoms with Crippen LogP contribution in [0.5, 0.6) is 0 Å². The number of aryl methyl sites for hydroxylation is 2. The molecular formula is C43H66N4O8S. The van der Waals surface area contributed by atoms with Crippen LogP contribution in [0.1, 0.15) is 94.1 Å². The van der Waals surface area contributed by atoms with Crippen molar-refractivity contribution in [2.75, 3.05) is 84.6 Å². The Kier molecular flexibility index (Phi) is 26.4. The molecule has 312 valence electrons. The van der Waals surface area contributed by atoms with Gasteiger partial charge in [0, 0.05) is 18.8 Å². The van der Waals surface area contributed by atoms with E-state index in [1.54, 1.807) is 0 Å². The maximum absolute atomic E-state index is 12.2. The summed E-state index contributed by atoms with van der Waals surface area (Å²) >= 11 is 1.50. The van der Waals surface area contributed by atoms with Crippen molar-refractivity contribution in [3.8, 4) is 0 Å². The van der Waals surface area contributed by atoms with Crippen LogP contribution >= 0.6 is 11.3 Å². The molecule has 1 aromatic heterocycles. The third-order valence-electron chi connectivity index (χ3n) is 9.14. The third-order valence-corrected chi connectivity index (χ3v) is 10.2. The molecule has 0 N–H and O–H groups in total. The summed E-state index contributed by atoms with van der Waals surface area (Å²) in [5.41, 5.74) is 4.51. The van der Waals surface area contributed by atoms with Crippen LogP contribution in [-0.2, 0) is 38.0 Å². The molecule has 0 aliphatic carbocycles. The number of carbonyl (C=O) groups is 2. The van der Waals surface area contributed by atoms with Gasteiger partial charge in [0.15, 0.2) is 0 Å². The number of ether oxygens (including phenoxy) is 6. The second-order valence-corrected chi connectivity index (χ2v) is 14.8. The van der Waals surface area contributed by atoms with Gasteiger partial charge in [-0.1, -0.05) is 58.1 Å². The molecule has 0 aliphatic heterocycles. The van der Waals surface area contributed by atoms with E-state index in [0.717, 1.165) is 66.2 Å². The van der Waals surface area contributed by atoms with Gasteiger partial charge < -0.3 is 33.3 Å². The van der Waals surface area contributed by atoms with Crippen molar-refractivity contribution in [1.82, 2.24) is 0 Å². The number of methoxy groups -OCH3 is 1. The summed E-state index contributed by atoms with van der Waals surface area (Å²) in [6.07, 6.45) is 13.6. The molecule has 1 atom stereocenters. The van der Waals surface area contributed by atoms with E-state index in [2.05, 4.69) is 52.0 Å². The first-order valence-corrected chi connectivity index (χ1v) is 21.0. The molecule has 0 aliphatic rings. The van der Waals surface area contributed by atoms with Crippen molar-refractivity contribution in [3.05, 3.63) is 57.8 Å². The van der Waals surface area contributed by atoms with Crippen molar-refractivity contribution in [2.24, 2.45) is 16.1 Å². The van der Waals surface area contributed by atoms with Crippen LogP contribution in [0.15, 0.2) is 40.6 Å². The normalized spacial score (nSPS) is 12.0. The van der Waals surface area contributed by atoms with Gasteiger partial charge in [0.05, 0.1) is 84.6 Å². The van der Waals surface area contributed by atoms with Gasteiger partial charge in [-0.15, -0.1) is 11.3 Å². The average molecular weight is 799 g/mol. The molecule has 0 fully saturated rings. The summed E-state index contributed by atoms with van der Waals surface area (Å²) in [6.45, 7) is 23.2. The zero-order chi connectivity index (χ0) is 40.8. The van der Waals surface area contributed by atoms with Gasteiger partial charge in [0.25, 0.3) is 0 Å². The van der Waals surface area contributed by atoms with E-state index < -0.39 is 17.9 Å². The van der Waals surface area contributed by atoms with Gasteiger partial charge in [-0.25, -0.2) is 4.85 Å². The van der Waals surface area contributed by atoms with Gasteiger partial charge in [-0.3, -0.25) is 9.59 Å². The lowest BCUT2D eigenvalue weighted by Crippen LogP contribution is -2.29. The zero-order valence-corrected chi connectivity index (χ0v) is 35.6. The summed E-state index contributed by atoms with van der Waals surface area (Å²) in [7, 11) is 1.33. The number of thiophene rings is 1. The fourth-order valence-electron chi connectivity index (χ4n) is 5.67. The maximum Gasteiger partial charge on any atom is 0.309 e. The lowest BCUT2D eigenvalue weighted by Gasteiger charge is -2.25. The van der Waals surface area contributed by atoms with E-state index in [9.17, 15) is 9.59 Å². The lowest BCUT2D eigenvalue weighted by atomic mass is 10.0. The number of hydrogen-bond acceptors (Lipinski definition) is 12. The molecule has 1 aromatic carbocycles. The first-order chi connectivity index (χ1) is 27.2. The molecule has 0 amide bonds. The largest absolute Gasteiger partial charge is 0.469 e. The molecule has 13 heteroatoms. The number of carbonyl (C=O) groups excluding carboxylic acids is 2. The quantitative estimate of drug-likeness (QED) is 0.0234. The number of allylic oxidation sites excluding steroid dienone is 2. The number of rotatable bonds is 32. The average Bonchev–Trinajstić information content (AvgIpc) is 3.47. The highest BCUT2D eigenvalue weighted by molar-refractivity contribution is 7.16. The fourth-order valence-corrected chi connectivity index (χ4v) is 6.59. The third kappa shape index (κ3) is 20.0. The van der Waals surface area contributed by atoms with E-state index in [0.29, 0.717) is 63.4 Å². The molecule has 1 heterocycles. The zero-order valence-electron chi connectivity index (χ0n) is 34.8. The topological polar surface area (TPSA) is 122 Å². The molecule has 56 heavy (non-hydrogen) atoms. The first-order valence-electron chi connectivity index (χ1n) is 20.2. The highest BCUT2D eigenvalue weighted by atomic mass is 32.1. The Balaban J connectivity index is 1.60. The smallest absolute Gasteiger partial charge is 0.309 e. The van der Waals surface area contributed by atoms with Crippen LogP contribution in [0.3, 0.4) is 0 Å². The van der Waals surface area contributed by atoms with Gasteiger partial charge in [-0.05, 0) is 80.7 Å². The van der Waals surface area contributed by atoms with Crippen molar-refractivity contribution >= 4 is 45.3 Å². The van der Waals surface area contributed by atoms with Crippen molar-refractivity contribution in [3.63, 3.8) is 0 Å². The molecule has 0 saturated heterocycles. The van der Waals surface area contributed by atoms with Gasteiger partial charge >= 0.3 is 11.9 Å². The molecule has 12 nitrogen and oxygen atoms in total. The molecule has 2 aromatic rings. The van der Waals surface area contributed by atoms with E-state index in [1.165, 1.54) is 44.1 Å². The van der Waals surface area contributed by atoms with Gasteiger partial charge in [0.2, 0.25) is 5.69 Å². The summed E-state index contributed by atoms with van der Waals surface area (Å²) in [4.78, 5) is 31.4. The number of unbranched alkanes of at least 4 members (excludes halogenated alkanes) is 6. The Labute approximate surface area is 339 Å². The summed E-state index contributed by atoms with van der Waals surface area (Å²) < 4.78 is 32.7. The number of anilines is 1. The Bertz CT molecular complexity index is 1510. The van der Waals surface area contributed by atoms with Crippen LogP contribution in [0.4, 0.5) is 22.1 Å². The van der Waals surface area contributed by atoms with Crippen molar-refractivity contribution in [1.29, 1.82) is 0 Å². The van der Waals surface area contributed by atoms with E-state index in [4.69, 9.17) is 35.0 Å². The van der Waals surface area contributed by atoms with Crippen LogP contribution in [0.25, 0.3) is 4.85 Å². The number of nitrogens with zero attached hydrogens (tertiary/aromatic N) is 4. The summed E-state index contributed by atoms with van der Waals surface area (Å²) in [5, 5.41) is 9.58. The van der Waals surface area contributed by atoms with E-state index in [-0.39, 0.29) is 19.6 Å². The molecule has 0 spiro atoms. The van der Waals surface area contributed by atoms with Crippen LogP contribution in [0, 0.1) is 33.3 Å². The number of azo groups is 1. The molecule has 0 saturated carbocycles. The number of esters is 2. The number of hydrogen-bond donors (Lipinski definition) is 0. The van der Waals surface area contributed by atoms with Crippen LogP contribution in [-0.4, -0.2) is 91.6 Å². The monoisotopic (exact) mass is 798 g/mol. The molecule has 1 unspecified atom stereocenters. The van der Waals surface area contributed by atoms with Gasteiger partial charge in [-0.2, -0.15) is 10.2 Å². The Morgan fingerprint density at radius 2 is 1.46 bits per heavy atom. The Morgan fingerprint density at radius 3 is 2.09 bits per heavy atom. The Hall–Kier alpha value is -3.67. The molecular weight excluding hydrogens is 733 g/mol. The SMILES string of the molecule is [C-]#[N+]c1c(N=Nc2ccc(N(CCCCCC)CCOCCOCCOCCOCCOC(=O)CC(C/C=C/CCCCC)C(=O)OC)cc2C)sc(C)c1C. The highest BCUT2D eigenvalue weighted by Gasteiger charge is 2.22. The highest BCUT2D eigenvalue weighted by Crippen LogP contribution is 2.42. The predicted octanol–water partition coefficient (Wildman–Crippen LogP) is 10.3. The second kappa shape index (κ2) is 30.5.